The van der Waals surface area contributed by atoms with E-state index < -0.39 is 4.57 Å². The van der Waals surface area contributed by atoms with Crippen LogP contribution in [0.1, 0.15) is 0 Å². The molecular weight excluding hydrogens is 249 g/mol. The monoisotopic (exact) mass is 256 g/mol. The molecule has 1 aliphatic carbocycles. The van der Waals surface area contributed by atoms with Crippen LogP contribution >= 0.6 is 0 Å². The average Bonchev–Trinajstić information content (AvgIpc) is 2.52. The van der Waals surface area contributed by atoms with E-state index in [0.29, 0.717) is 19.8 Å². The van der Waals surface area contributed by atoms with Gasteiger partial charge in [0, 0.05) is 0 Å². The van der Waals surface area contributed by atoms with Crippen molar-refractivity contribution in [2.24, 2.45) is 0 Å². The molecule has 2 aliphatic heterocycles. The van der Waals surface area contributed by atoms with Gasteiger partial charge in [0.25, 0.3) is 0 Å². The standard InChI is InChI=1S/C6H5FSe2/c7-6-2-1-3-4(8-3)5(6)9-6/h1-5H. The fraction of sp³-hybridized carbons (Fsp3) is 0.667. The van der Waals surface area contributed by atoms with Gasteiger partial charge >= 0.3 is 65.5 Å². The van der Waals surface area contributed by atoms with E-state index in [0.717, 1.165) is 24.6 Å². The van der Waals surface area contributed by atoms with Crippen LogP contribution in [0.2, 0.25) is 14.4 Å². The number of rotatable bonds is 0. The topological polar surface area (TPSA) is 0 Å². The summed E-state index contributed by atoms with van der Waals surface area (Å²) in [7, 11) is 0. The van der Waals surface area contributed by atoms with Crippen molar-refractivity contribution in [3.63, 3.8) is 0 Å². The predicted octanol–water partition coefficient (Wildman–Crippen LogP) is 1.02. The maximum absolute atomic E-state index is 13.2. The molecule has 0 nitrogen and oxygen atoms in total. The van der Waals surface area contributed by atoms with Gasteiger partial charge in [-0.1, -0.05) is 0 Å². The summed E-state index contributed by atoms with van der Waals surface area (Å²) in [6, 6.07) is 0. The van der Waals surface area contributed by atoms with Gasteiger partial charge in [-0.2, -0.15) is 0 Å². The van der Waals surface area contributed by atoms with Crippen molar-refractivity contribution in [1.29, 1.82) is 0 Å². The normalized spacial score (nSPS) is 66.6. The Morgan fingerprint density at radius 3 is 3.22 bits per heavy atom. The summed E-state index contributed by atoms with van der Waals surface area (Å²) in [5.74, 6) is 0. The van der Waals surface area contributed by atoms with Crippen LogP contribution in [0.4, 0.5) is 4.39 Å². The SMILES string of the molecule is FC12C=CC3[Se]C3C1[Se]2. The number of halogens is 1. The Balaban J connectivity index is 2.04. The van der Waals surface area contributed by atoms with Crippen LogP contribution < -0.4 is 0 Å². The van der Waals surface area contributed by atoms with Crippen molar-refractivity contribution in [2.75, 3.05) is 0 Å². The van der Waals surface area contributed by atoms with E-state index >= 15 is 0 Å². The number of alkyl halides is 1. The first-order chi connectivity index (χ1) is 4.30. The van der Waals surface area contributed by atoms with Crippen LogP contribution in [0, 0.1) is 0 Å². The van der Waals surface area contributed by atoms with Crippen molar-refractivity contribution in [2.45, 2.75) is 19.0 Å². The Labute approximate surface area is 65.6 Å². The Kier molecular flexibility index (Phi) is 0.795. The number of allylic oxidation sites excluding steroid dienone is 2. The number of hydrogen-bond acceptors (Lipinski definition) is 0. The van der Waals surface area contributed by atoms with E-state index in [1.165, 1.54) is 0 Å². The summed E-state index contributed by atoms with van der Waals surface area (Å²) < 4.78 is 12.4. The van der Waals surface area contributed by atoms with Gasteiger partial charge in [0.05, 0.1) is 0 Å². The third kappa shape index (κ3) is 0.593. The van der Waals surface area contributed by atoms with Crippen LogP contribution in [0.3, 0.4) is 0 Å². The van der Waals surface area contributed by atoms with Crippen LogP contribution in [-0.4, -0.2) is 34.5 Å². The fourth-order valence-electron chi connectivity index (χ4n) is 1.35. The zero-order valence-electron chi connectivity index (χ0n) is 4.58. The molecule has 9 heavy (non-hydrogen) atoms. The third-order valence-corrected chi connectivity index (χ3v) is 8.59. The second-order valence-corrected chi connectivity index (χ2v) is 8.39. The molecule has 3 aliphatic rings. The van der Waals surface area contributed by atoms with Gasteiger partial charge in [0.2, 0.25) is 0 Å². The van der Waals surface area contributed by atoms with Gasteiger partial charge in [-0.05, 0) is 0 Å². The van der Waals surface area contributed by atoms with Gasteiger partial charge in [-0.25, -0.2) is 0 Å². The molecule has 2 saturated heterocycles. The Hall–Kier alpha value is 0.709. The minimum atomic E-state index is -0.744. The molecule has 0 aromatic rings. The van der Waals surface area contributed by atoms with E-state index in [4.69, 9.17) is 0 Å². The van der Waals surface area contributed by atoms with Gasteiger partial charge in [0.15, 0.2) is 0 Å². The van der Waals surface area contributed by atoms with Crippen LogP contribution in [-0.2, 0) is 0 Å². The van der Waals surface area contributed by atoms with Crippen LogP contribution in [0.25, 0.3) is 0 Å². The van der Waals surface area contributed by atoms with Crippen molar-refractivity contribution in [1.82, 2.24) is 0 Å². The van der Waals surface area contributed by atoms with Gasteiger partial charge in [-0.15, -0.1) is 0 Å². The second-order valence-electron chi connectivity index (χ2n) is 2.66. The van der Waals surface area contributed by atoms with E-state index in [1.807, 2.05) is 6.08 Å². The zero-order chi connectivity index (χ0) is 6.06. The Morgan fingerprint density at radius 2 is 2.44 bits per heavy atom. The molecule has 0 radical (unpaired) electrons. The van der Waals surface area contributed by atoms with Crippen molar-refractivity contribution >= 4 is 29.9 Å². The molecule has 0 bridgehead atoms. The van der Waals surface area contributed by atoms with E-state index in [-0.39, 0.29) is 0 Å². The molecule has 3 rings (SSSR count). The van der Waals surface area contributed by atoms with E-state index in [1.54, 1.807) is 0 Å². The van der Waals surface area contributed by atoms with E-state index in [9.17, 15) is 4.39 Å². The van der Waals surface area contributed by atoms with Gasteiger partial charge in [0.1, 0.15) is 0 Å². The summed E-state index contributed by atoms with van der Waals surface area (Å²) in [5, 5.41) is 0. The number of fused-ring (bicyclic) bond motifs is 3. The van der Waals surface area contributed by atoms with Crippen molar-refractivity contribution in [3.05, 3.63) is 12.2 Å². The molecule has 0 aromatic heterocycles. The third-order valence-electron chi connectivity index (χ3n) is 2.01. The molecule has 0 N–H and O–H groups in total. The minimum absolute atomic E-state index is 0.334. The molecule has 2 fully saturated rings. The summed E-state index contributed by atoms with van der Waals surface area (Å²) in [5.41, 5.74) is 0. The van der Waals surface area contributed by atoms with Gasteiger partial charge < -0.3 is 0 Å². The summed E-state index contributed by atoms with van der Waals surface area (Å²) in [6.07, 6.45) is 3.96. The second kappa shape index (κ2) is 1.33. The molecule has 4 atom stereocenters. The van der Waals surface area contributed by atoms with Gasteiger partial charge in [-0.3, -0.25) is 0 Å². The molecular formula is C6H5FSe2. The average molecular weight is 254 g/mol. The molecule has 2 heterocycles. The molecule has 4 unspecified atom stereocenters. The Morgan fingerprint density at radius 1 is 1.56 bits per heavy atom. The van der Waals surface area contributed by atoms with Crippen molar-refractivity contribution < 1.29 is 4.39 Å². The Bertz CT molecular complexity index is 203. The summed E-state index contributed by atoms with van der Waals surface area (Å²) in [6.45, 7) is 0. The van der Waals surface area contributed by atoms with Crippen LogP contribution in [0.15, 0.2) is 12.2 Å². The quantitative estimate of drug-likeness (QED) is 0.447. The summed E-state index contributed by atoms with van der Waals surface area (Å²) >= 11 is 1.13. The molecule has 0 saturated carbocycles. The fourth-order valence-corrected chi connectivity index (χ4v) is 7.87. The number of hydrogen-bond donors (Lipinski definition) is 0. The first kappa shape index (κ1) is 5.37. The van der Waals surface area contributed by atoms with E-state index in [2.05, 4.69) is 6.08 Å². The molecule has 0 amide bonds. The predicted molar refractivity (Wildman–Crippen MR) is 35.7 cm³/mol. The molecule has 0 spiro atoms. The zero-order valence-corrected chi connectivity index (χ0v) is 8.01. The molecule has 3 heteroatoms. The van der Waals surface area contributed by atoms with Crippen molar-refractivity contribution in [3.8, 4) is 0 Å². The first-order valence-corrected chi connectivity index (χ1v) is 6.83. The molecule has 0 aromatic carbocycles. The molecule has 48 valence electrons. The summed E-state index contributed by atoms with van der Waals surface area (Å²) in [4.78, 5) is 2.23. The maximum atomic E-state index is 13.2. The first-order valence-electron chi connectivity index (χ1n) is 3.01. The van der Waals surface area contributed by atoms with Crippen LogP contribution in [0.5, 0.6) is 0 Å².